The van der Waals surface area contributed by atoms with Crippen molar-refractivity contribution < 1.29 is 4.74 Å². The first-order valence-corrected chi connectivity index (χ1v) is 4.41. The van der Waals surface area contributed by atoms with Gasteiger partial charge in [0.2, 0.25) is 0 Å². The molecule has 0 radical (unpaired) electrons. The van der Waals surface area contributed by atoms with E-state index in [0.29, 0.717) is 11.4 Å². The Hall–Kier alpha value is 0.310. The van der Waals surface area contributed by atoms with Crippen molar-refractivity contribution in [1.82, 2.24) is 0 Å². The summed E-state index contributed by atoms with van der Waals surface area (Å²) in [5.74, 6) is 1.76. The van der Waals surface area contributed by atoms with E-state index in [9.17, 15) is 0 Å². The third-order valence-electron chi connectivity index (χ3n) is 1.11. The van der Waals surface area contributed by atoms with E-state index in [1.807, 2.05) is 11.8 Å². The summed E-state index contributed by atoms with van der Waals surface area (Å²) < 4.78 is 5.22. The van der Waals surface area contributed by atoms with Crippen molar-refractivity contribution >= 4 is 11.8 Å². The number of hydrogen-bond donors (Lipinski definition) is 0. The molecule has 1 unspecified atom stereocenters. The van der Waals surface area contributed by atoms with Crippen molar-refractivity contribution in [3.8, 4) is 0 Å². The van der Waals surface area contributed by atoms with Gasteiger partial charge in [-0.05, 0) is 11.7 Å². The Morgan fingerprint density at radius 2 is 2.00 bits per heavy atom. The summed E-state index contributed by atoms with van der Waals surface area (Å²) in [5.41, 5.74) is 0.384. The molecule has 56 valence electrons. The topological polar surface area (TPSA) is 9.23 Å². The lowest BCUT2D eigenvalue weighted by molar-refractivity contribution is 0.137. The van der Waals surface area contributed by atoms with E-state index < -0.39 is 0 Å². The first-order valence-electron chi connectivity index (χ1n) is 3.36. The minimum atomic E-state index is 0.384. The van der Waals surface area contributed by atoms with Gasteiger partial charge >= 0.3 is 0 Å². The summed E-state index contributed by atoms with van der Waals surface area (Å²) in [6.45, 7) is 6.51. The molecular weight excluding hydrogens is 132 g/mol. The maximum atomic E-state index is 5.22. The van der Waals surface area contributed by atoms with Crippen LogP contribution in [0.25, 0.3) is 0 Å². The smallest absolute Gasteiger partial charge is 0.105 e. The summed E-state index contributed by atoms with van der Waals surface area (Å²) >= 11 is 1.86. The highest BCUT2D eigenvalue weighted by Crippen LogP contribution is 2.18. The van der Waals surface area contributed by atoms with E-state index in [1.54, 1.807) is 7.11 Å². The molecule has 0 aromatic carbocycles. The Kier molecular flexibility index (Phi) is 5.30. The van der Waals surface area contributed by atoms with Crippen LogP contribution in [-0.2, 0) is 4.74 Å². The molecule has 0 aromatic rings. The van der Waals surface area contributed by atoms with Crippen LogP contribution in [0.1, 0.15) is 20.8 Å². The average molecular weight is 148 g/mol. The third-order valence-corrected chi connectivity index (χ3v) is 2.51. The molecule has 0 spiro atoms. The molecule has 0 aromatic heterocycles. The number of methoxy groups -OCH3 is 1. The Morgan fingerprint density at radius 1 is 1.44 bits per heavy atom. The predicted octanol–water partition coefficient (Wildman–Crippen LogP) is 2.37. The number of thioether (sulfide) groups is 1. The molecule has 9 heavy (non-hydrogen) atoms. The first kappa shape index (κ1) is 9.31. The van der Waals surface area contributed by atoms with Crippen molar-refractivity contribution in [2.75, 3.05) is 12.9 Å². The van der Waals surface area contributed by atoms with Crippen LogP contribution in [0, 0.1) is 5.92 Å². The van der Waals surface area contributed by atoms with Crippen molar-refractivity contribution in [2.24, 2.45) is 5.92 Å². The fourth-order valence-corrected chi connectivity index (χ4v) is 1.55. The van der Waals surface area contributed by atoms with Gasteiger partial charge in [0.25, 0.3) is 0 Å². The molecule has 0 saturated carbocycles. The molecule has 0 aliphatic heterocycles. The van der Waals surface area contributed by atoms with Crippen LogP contribution in [0.3, 0.4) is 0 Å². The largest absolute Gasteiger partial charge is 0.371 e. The lowest BCUT2D eigenvalue weighted by atomic mass is 10.2. The van der Waals surface area contributed by atoms with Gasteiger partial charge < -0.3 is 4.74 Å². The second kappa shape index (κ2) is 5.12. The first-order chi connectivity index (χ1) is 4.22. The van der Waals surface area contributed by atoms with Crippen molar-refractivity contribution in [2.45, 2.75) is 26.2 Å². The molecule has 0 saturated heterocycles. The predicted molar refractivity (Wildman–Crippen MR) is 43.8 cm³/mol. The van der Waals surface area contributed by atoms with E-state index in [4.69, 9.17) is 4.74 Å². The fraction of sp³-hybridized carbons (Fsp3) is 1.00. The molecule has 0 N–H and O–H groups in total. The van der Waals surface area contributed by atoms with Gasteiger partial charge in [-0.25, -0.2) is 0 Å². The maximum absolute atomic E-state index is 5.22. The van der Waals surface area contributed by atoms with Gasteiger partial charge in [0.1, 0.15) is 5.44 Å². The molecule has 0 bridgehead atoms. The van der Waals surface area contributed by atoms with E-state index in [-0.39, 0.29) is 0 Å². The molecule has 0 fully saturated rings. The van der Waals surface area contributed by atoms with Gasteiger partial charge in [-0.3, -0.25) is 0 Å². The van der Waals surface area contributed by atoms with Crippen molar-refractivity contribution in [3.05, 3.63) is 0 Å². The van der Waals surface area contributed by atoms with Crippen molar-refractivity contribution in [1.29, 1.82) is 0 Å². The van der Waals surface area contributed by atoms with Crippen LogP contribution in [0.4, 0.5) is 0 Å². The highest BCUT2D eigenvalue weighted by Gasteiger charge is 2.09. The van der Waals surface area contributed by atoms with Gasteiger partial charge in [-0.15, -0.1) is 11.8 Å². The van der Waals surface area contributed by atoms with Gasteiger partial charge in [0, 0.05) is 7.11 Å². The minimum absolute atomic E-state index is 0.384. The lowest BCUT2D eigenvalue weighted by Gasteiger charge is -2.16. The molecular formula is C7H16OS. The van der Waals surface area contributed by atoms with Gasteiger partial charge in [-0.1, -0.05) is 20.8 Å². The van der Waals surface area contributed by atoms with E-state index in [2.05, 4.69) is 20.8 Å². The molecule has 1 atom stereocenters. The SMILES string of the molecule is CCSC(OC)C(C)C. The molecule has 0 rings (SSSR count). The van der Waals surface area contributed by atoms with Crippen LogP contribution in [0.5, 0.6) is 0 Å². The summed E-state index contributed by atoms with van der Waals surface area (Å²) in [7, 11) is 1.77. The maximum Gasteiger partial charge on any atom is 0.105 e. The van der Waals surface area contributed by atoms with E-state index >= 15 is 0 Å². The van der Waals surface area contributed by atoms with E-state index in [1.165, 1.54) is 0 Å². The van der Waals surface area contributed by atoms with E-state index in [0.717, 1.165) is 5.75 Å². The van der Waals surface area contributed by atoms with Crippen LogP contribution in [0.15, 0.2) is 0 Å². The second-order valence-corrected chi connectivity index (χ2v) is 3.68. The standard InChI is InChI=1S/C7H16OS/c1-5-9-7(8-4)6(2)3/h6-7H,5H2,1-4H3. The average Bonchev–Trinajstić information content (AvgIpc) is 1.82. The zero-order valence-corrected chi connectivity index (χ0v) is 7.49. The van der Waals surface area contributed by atoms with Crippen LogP contribution in [-0.4, -0.2) is 18.3 Å². The molecule has 0 amide bonds. The second-order valence-electron chi connectivity index (χ2n) is 2.30. The zero-order chi connectivity index (χ0) is 7.28. The van der Waals surface area contributed by atoms with Crippen LogP contribution in [0.2, 0.25) is 0 Å². The molecule has 1 nitrogen and oxygen atoms in total. The lowest BCUT2D eigenvalue weighted by Crippen LogP contribution is -2.13. The summed E-state index contributed by atoms with van der Waals surface area (Å²) in [4.78, 5) is 0. The van der Waals surface area contributed by atoms with Gasteiger partial charge in [-0.2, -0.15) is 0 Å². The Balaban J connectivity index is 3.41. The molecule has 0 aliphatic carbocycles. The summed E-state index contributed by atoms with van der Waals surface area (Å²) in [6, 6.07) is 0. The molecule has 0 aliphatic rings. The fourth-order valence-electron chi connectivity index (χ4n) is 0.697. The number of hydrogen-bond acceptors (Lipinski definition) is 2. The van der Waals surface area contributed by atoms with Crippen LogP contribution >= 0.6 is 11.8 Å². The van der Waals surface area contributed by atoms with Gasteiger partial charge in [0.15, 0.2) is 0 Å². The Labute approximate surface area is 62.2 Å². The van der Waals surface area contributed by atoms with Crippen LogP contribution < -0.4 is 0 Å². The molecule has 0 heterocycles. The highest BCUT2D eigenvalue weighted by molar-refractivity contribution is 7.99. The Morgan fingerprint density at radius 3 is 2.11 bits per heavy atom. The highest BCUT2D eigenvalue weighted by atomic mass is 32.2. The van der Waals surface area contributed by atoms with Gasteiger partial charge in [0.05, 0.1) is 0 Å². The Bertz CT molecular complexity index is 63.9. The summed E-state index contributed by atoms with van der Waals surface area (Å²) in [6.07, 6.45) is 0. The normalized spacial score (nSPS) is 14.3. The number of rotatable bonds is 4. The van der Waals surface area contributed by atoms with Crippen molar-refractivity contribution in [3.63, 3.8) is 0 Å². The minimum Gasteiger partial charge on any atom is -0.371 e. The quantitative estimate of drug-likeness (QED) is 0.566. The summed E-state index contributed by atoms with van der Waals surface area (Å²) in [5, 5.41) is 0. The number of ether oxygens (including phenoxy) is 1. The zero-order valence-electron chi connectivity index (χ0n) is 6.68. The monoisotopic (exact) mass is 148 g/mol. The molecule has 2 heteroatoms. The third kappa shape index (κ3) is 3.82.